The van der Waals surface area contributed by atoms with E-state index >= 15 is 0 Å². The molecule has 3 N–H and O–H groups in total. The monoisotopic (exact) mass is 357 g/mol. The van der Waals surface area contributed by atoms with E-state index in [2.05, 4.69) is 5.32 Å². The zero-order chi connectivity index (χ0) is 18.5. The summed E-state index contributed by atoms with van der Waals surface area (Å²) in [6, 6.07) is -0.547. The minimum atomic E-state index is -0.518. The highest BCUT2D eigenvalue weighted by atomic mass is 16.5. The number of hydrogen-bond acceptors (Lipinski definition) is 6. The number of aliphatic hydroxyl groups excluding tert-OH is 2. The van der Waals surface area contributed by atoms with Crippen LogP contribution in [0.2, 0.25) is 0 Å². The van der Waals surface area contributed by atoms with Crippen LogP contribution in [0, 0.1) is 5.92 Å². The Morgan fingerprint density at radius 1 is 1.16 bits per heavy atom. The number of ether oxygens (including phenoxy) is 1. The van der Waals surface area contributed by atoms with E-state index in [1.807, 2.05) is 0 Å². The maximum atomic E-state index is 12.0. The molecule has 25 heavy (non-hydrogen) atoms. The fraction of sp³-hybridized carbons (Fsp3) is 0.895. The van der Waals surface area contributed by atoms with Gasteiger partial charge in [0.2, 0.25) is 0 Å². The van der Waals surface area contributed by atoms with E-state index in [1.54, 1.807) is 0 Å². The first kappa shape index (κ1) is 22.1. The molecule has 0 aliphatic heterocycles. The summed E-state index contributed by atoms with van der Waals surface area (Å²) in [4.78, 5) is 22.2. The Hall–Kier alpha value is -0.980. The number of aliphatic hydroxyl groups is 2. The first-order valence-corrected chi connectivity index (χ1v) is 9.68. The van der Waals surface area contributed by atoms with Crippen molar-refractivity contribution in [3.63, 3.8) is 0 Å². The van der Waals surface area contributed by atoms with Crippen LogP contribution in [-0.2, 0) is 14.3 Å². The van der Waals surface area contributed by atoms with Gasteiger partial charge in [-0.05, 0) is 31.6 Å². The molecule has 6 heteroatoms. The Morgan fingerprint density at radius 2 is 1.80 bits per heavy atom. The van der Waals surface area contributed by atoms with Gasteiger partial charge in [0.1, 0.15) is 12.3 Å². The van der Waals surface area contributed by atoms with Crippen LogP contribution in [-0.4, -0.2) is 54.4 Å². The summed E-state index contributed by atoms with van der Waals surface area (Å²) in [5, 5.41) is 22.5. The second-order valence-electron chi connectivity index (χ2n) is 7.16. The summed E-state index contributed by atoms with van der Waals surface area (Å²) in [7, 11) is 1.39. The molecule has 0 heterocycles. The summed E-state index contributed by atoms with van der Waals surface area (Å²) in [5.74, 6) is -0.182. The van der Waals surface area contributed by atoms with Gasteiger partial charge in [-0.3, -0.25) is 10.1 Å². The summed E-state index contributed by atoms with van der Waals surface area (Å²) in [6.45, 7) is 0.0744. The van der Waals surface area contributed by atoms with Crippen LogP contribution in [0.3, 0.4) is 0 Å². The summed E-state index contributed by atoms with van der Waals surface area (Å²) >= 11 is 0. The van der Waals surface area contributed by atoms with Gasteiger partial charge in [-0.2, -0.15) is 0 Å². The van der Waals surface area contributed by atoms with Crippen molar-refractivity contribution in [2.45, 2.75) is 88.8 Å². The predicted molar refractivity (Wildman–Crippen MR) is 96.2 cm³/mol. The Bertz CT molecular complexity index is 377. The molecule has 4 atom stereocenters. The van der Waals surface area contributed by atoms with E-state index in [-0.39, 0.29) is 24.5 Å². The van der Waals surface area contributed by atoms with E-state index in [4.69, 9.17) is 4.74 Å². The predicted octanol–water partition coefficient (Wildman–Crippen LogP) is 1.96. The number of rotatable bonds is 14. The highest BCUT2D eigenvalue weighted by Crippen LogP contribution is 2.26. The smallest absolute Gasteiger partial charge is 0.322 e. The topological polar surface area (TPSA) is 95.9 Å². The van der Waals surface area contributed by atoms with Crippen LogP contribution in [0.1, 0.15) is 70.6 Å². The zero-order valence-electron chi connectivity index (χ0n) is 15.5. The lowest BCUT2D eigenvalue weighted by molar-refractivity contribution is -0.143. The largest absolute Gasteiger partial charge is 0.468 e. The van der Waals surface area contributed by atoms with E-state index in [0.717, 1.165) is 51.2 Å². The molecule has 0 bridgehead atoms. The quantitative estimate of drug-likeness (QED) is 0.250. The van der Waals surface area contributed by atoms with Crippen molar-refractivity contribution < 1.29 is 24.5 Å². The Morgan fingerprint density at radius 3 is 2.36 bits per heavy atom. The molecule has 0 amide bonds. The van der Waals surface area contributed by atoms with Gasteiger partial charge in [-0.15, -0.1) is 0 Å². The number of carbonyl (C=O) groups is 2. The average molecular weight is 357 g/mol. The first-order chi connectivity index (χ1) is 12.1. The Kier molecular flexibility index (Phi) is 11.7. The number of hydrogen-bond donors (Lipinski definition) is 3. The van der Waals surface area contributed by atoms with Crippen LogP contribution in [0.5, 0.6) is 0 Å². The van der Waals surface area contributed by atoms with Gasteiger partial charge in [-0.1, -0.05) is 38.5 Å². The molecular formula is C19H35NO5. The molecular weight excluding hydrogens is 322 g/mol. The van der Waals surface area contributed by atoms with Gasteiger partial charge in [0.25, 0.3) is 0 Å². The van der Waals surface area contributed by atoms with Crippen LogP contribution < -0.4 is 5.32 Å². The van der Waals surface area contributed by atoms with Gasteiger partial charge in [0.05, 0.1) is 13.2 Å². The molecule has 1 fully saturated rings. The van der Waals surface area contributed by atoms with Crippen molar-refractivity contribution in [3.05, 3.63) is 0 Å². The van der Waals surface area contributed by atoms with Crippen molar-refractivity contribution >= 4 is 12.3 Å². The molecule has 0 spiro atoms. The van der Waals surface area contributed by atoms with E-state index < -0.39 is 12.1 Å². The van der Waals surface area contributed by atoms with Crippen molar-refractivity contribution in [3.8, 4) is 0 Å². The molecule has 1 rings (SSSR count). The standard InChI is InChI=1S/C19H35NO5/c1-25-19(24)16(20-17-12-15(14-22)13-18(17)23)10-8-6-4-2-3-5-7-9-11-21/h11,15-18,20,22-23H,2-10,12-14H2,1H3. The van der Waals surface area contributed by atoms with Gasteiger partial charge < -0.3 is 19.7 Å². The third-order valence-corrected chi connectivity index (χ3v) is 5.10. The molecule has 0 saturated heterocycles. The highest BCUT2D eigenvalue weighted by Gasteiger charge is 2.35. The highest BCUT2D eigenvalue weighted by molar-refractivity contribution is 5.75. The number of carbonyl (C=O) groups excluding carboxylic acids is 2. The lowest BCUT2D eigenvalue weighted by atomic mass is 10.0. The number of unbranched alkanes of at least 4 members (excludes halogenated alkanes) is 7. The summed E-state index contributed by atoms with van der Waals surface area (Å²) < 4.78 is 4.88. The molecule has 6 nitrogen and oxygen atoms in total. The minimum Gasteiger partial charge on any atom is -0.468 e. The normalized spacial score (nSPS) is 24.2. The van der Waals surface area contributed by atoms with Gasteiger partial charge in [0.15, 0.2) is 0 Å². The molecule has 0 radical (unpaired) electrons. The molecule has 146 valence electrons. The lowest BCUT2D eigenvalue weighted by Crippen LogP contribution is -2.47. The van der Waals surface area contributed by atoms with Crippen molar-refractivity contribution in [1.29, 1.82) is 0 Å². The van der Waals surface area contributed by atoms with E-state index in [0.29, 0.717) is 25.7 Å². The first-order valence-electron chi connectivity index (χ1n) is 9.68. The second kappa shape index (κ2) is 13.3. The van der Waals surface area contributed by atoms with Crippen LogP contribution in [0.4, 0.5) is 0 Å². The van der Waals surface area contributed by atoms with E-state index in [1.165, 1.54) is 7.11 Å². The molecule has 1 aliphatic rings. The third-order valence-electron chi connectivity index (χ3n) is 5.10. The van der Waals surface area contributed by atoms with Gasteiger partial charge in [0, 0.05) is 19.1 Å². The fourth-order valence-electron chi connectivity index (χ4n) is 3.58. The third kappa shape index (κ3) is 8.79. The Balaban J connectivity index is 2.23. The molecule has 0 aromatic carbocycles. The molecule has 0 aromatic heterocycles. The molecule has 4 unspecified atom stereocenters. The minimum absolute atomic E-state index is 0.0744. The molecule has 0 aromatic rings. The van der Waals surface area contributed by atoms with Crippen molar-refractivity contribution in [2.24, 2.45) is 5.92 Å². The SMILES string of the molecule is COC(=O)C(CCCCCCCCCC=O)NC1CC(CO)CC1O. The number of methoxy groups -OCH3 is 1. The number of nitrogens with one attached hydrogen (secondary N) is 1. The lowest BCUT2D eigenvalue weighted by Gasteiger charge is -2.23. The molecule has 1 aliphatic carbocycles. The van der Waals surface area contributed by atoms with E-state index in [9.17, 15) is 19.8 Å². The maximum Gasteiger partial charge on any atom is 0.322 e. The number of esters is 1. The van der Waals surface area contributed by atoms with Crippen LogP contribution >= 0.6 is 0 Å². The fourth-order valence-corrected chi connectivity index (χ4v) is 3.58. The van der Waals surface area contributed by atoms with Gasteiger partial charge >= 0.3 is 5.97 Å². The summed E-state index contributed by atoms with van der Waals surface area (Å²) in [5.41, 5.74) is 0. The zero-order valence-corrected chi connectivity index (χ0v) is 15.5. The second-order valence-corrected chi connectivity index (χ2v) is 7.16. The Labute approximate surface area is 151 Å². The van der Waals surface area contributed by atoms with Crippen LogP contribution in [0.15, 0.2) is 0 Å². The van der Waals surface area contributed by atoms with Gasteiger partial charge in [-0.25, -0.2) is 0 Å². The average Bonchev–Trinajstić information content (AvgIpc) is 2.98. The van der Waals surface area contributed by atoms with Crippen LogP contribution in [0.25, 0.3) is 0 Å². The van der Waals surface area contributed by atoms with Crippen molar-refractivity contribution in [2.75, 3.05) is 13.7 Å². The molecule has 1 saturated carbocycles. The number of aldehydes is 1. The maximum absolute atomic E-state index is 12.0. The summed E-state index contributed by atoms with van der Waals surface area (Å²) in [6.07, 6.45) is 10.6. The van der Waals surface area contributed by atoms with Crippen molar-refractivity contribution in [1.82, 2.24) is 5.32 Å².